The Kier molecular flexibility index (Phi) is 6.79. The third-order valence-electron chi connectivity index (χ3n) is 5.36. The Morgan fingerprint density at radius 2 is 2.00 bits per heavy atom. The van der Waals surface area contributed by atoms with Crippen molar-refractivity contribution in [1.82, 2.24) is 19.7 Å². The van der Waals surface area contributed by atoms with E-state index in [2.05, 4.69) is 14.8 Å². The second kappa shape index (κ2) is 9.64. The van der Waals surface area contributed by atoms with E-state index in [4.69, 9.17) is 0 Å². The van der Waals surface area contributed by atoms with E-state index < -0.39 is 17.9 Å². The van der Waals surface area contributed by atoms with E-state index in [1.165, 1.54) is 15.9 Å². The van der Waals surface area contributed by atoms with Crippen LogP contribution in [-0.4, -0.2) is 50.9 Å². The van der Waals surface area contributed by atoms with E-state index >= 15 is 0 Å². The van der Waals surface area contributed by atoms with Crippen molar-refractivity contribution >= 4 is 28.3 Å². The van der Waals surface area contributed by atoms with Gasteiger partial charge in [0.1, 0.15) is 0 Å². The number of carbonyl (C=O) groups excluding carboxylic acids is 2. The van der Waals surface area contributed by atoms with Crippen LogP contribution in [-0.2, 0) is 20.0 Å². The van der Waals surface area contributed by atoms with Crippen LogP contribution in [0.4, 0.5) is 27.5 Å². The molecule has 1 aliphatic heterocycles. The normalized spacial score (nSPS) is 14.2. The number of ketones is 1. The molecule has 4 rings (SSSR count). The van der Waals surface area contributed by atoms with Gasteiger partial charge in [-0.2, -0.15) is 5.10 Å². The number of nitrogens with zero attached hydrogens (tertiary/aromatic N) is 5. The number of urea groups is 1. The van der Waals surface area contributed by atoms with Crippen molar-refractivity contribution < 1.29 is 31.9 Å². The first-order chi connectivity index (χ1) is 16.5. The van der Waals surface area contributed by atoms with Crippen molar-refractivity contribution in [3.05, 3.63) is 58.1 Å². The predicted molar refractivity (Wildman–Crippen MR) is 119 cm³/mol. The van der Waals surface area contributed by atoms with Crippen LogP contribution >= 0.6 is 11.3 Å². The minimum atomic E-state index is -5.00. The molecular formula is C22H21F4N5O3S. The molecule has 0 spiro atoms. The Hall–Kier alpha value is -3.48. The first-order valence-corrected chi connectivity index (χ1v) is 11.4. The molecular weight excluding hydrogens is 490 g/mol. The molecule has 1 saturated heterocycles. The first kappa shape index (κ1) is 24.6. The maximum absolute atomic E-state index is 14.0. The smallest absolute Gasteiger partial charge is 0.403 e. The summed E-state index contributed by atoms with van der Waals surface area (Å²) < 4.78 is 56.3. The molecule has 1 fully saturated rings. The fourth-order valence-corrected chi connectivity index (χ4v) is 4.76. The molecule has 0 aliphatic carbocycles. The van der Waals surface area contributed by atoms with Gasteiger partial charge in [0.15, 0.2) is 22.5 Å². The highest BCUT2D eigenvalue weighted by Crippen LogP contribution is 2.31. The number of rotatable bonds is 8. The molecule has 13 heteroatoms. The first-order valence-electron chi connectivity index (χ1n) is 10.6. The number of anilines is 1. The van der Waals surface area contributed by atoms with Gasteiger partial charge in [0.05, 0.1) is 16.8 Å². The lowest BCUT2D eigenvalue weighted by Crippen LogP contribution is -2.31. The number of carbonyl (C=O) groups is 2. The summed E-state index contributed by atoms with van der Waals surface area (Å²) in [6, 6.07) is 2.67. The number of hydrogen-bond acceptors (Lipinski definition) is 6. The number of benzene rings is 1. The van der Waals surface area contributed by atoms with Crippen LogP contribution in [0.25, 0.3) is 0 Å². The highest BCUT2D eigenvalue weighted by atomic mass is 32.1. The highest BCUT2D eigenvalue weighted by Gasteiger charge is 2.34. The fourth-order valence-electron chi connectivity index (χ4n) is 3.71. The maximum Gasteiger partial charge on any atom is 0.573 e. The van der Waals surface area contributed by atoms with Crippen LogP contribution in [0.3, 0.4) is 0 Å². The summed E-state index contributed by atoms with van der Waals surface area (Å²) >= 11 is 1.14. The largest absolute Gasteiger partial charge is 0.573 e. The molecule has 2 amide bonds. The number of alkyl halides is 3. The molecule has 0 unspecified atom stereocenters. The molecule has 0 saturated carbocycles. The minimum Gasteiger partial charge on any atom is -0.403 e. The molecule has 3 aromatic rings. The average molecular weight is 512 g/mol. The third kappa shape index (κ3) is 5.78. The molecule has 8 nitrogen and oxygen atoms in total. The molecule has 1 aromatic carbocycles. The molecule has 0 atom stereocenters. The van der Waals surface area contributed by atoms with Gasteiger partial charge in [0.2, 0.25) is 0 Å². The number of amides is 2. The molecule has 0 bridgehead atoms. The van der Waals surface area contributed by atoms with E-state index in [0.29, 0.717) is 40.8 Å². The SMILES string of the molecule is Cc1nc(N2CCN(Cc3ccc(OC(F)(F)F)c(F)c3)C2=O)sc1C(=O)CCc1cnn(C)c1. The predicted octanol–water partition coefficient (Wildman–Crippen LogP) is 4.48. The van der Waals surface area contributed by atoms with Gasteiger partial charge < -0.3 is 9.64 Å². The quantitative estimate of drug-likeness (QED) is 0.329. The number of thiazole rings is 1. The van der Waals surface area contributed by atoms with Crippen molar-refractivity contribution in [1.29, 1.82) is 0 Å². The van der Waals surface area contributed by atoms with Crippen molar-refractivity contribution in [3.63, 3.8) is 0 Å². The van der Waals surface area contributed by atoms with Crippen LogP contribution in [0.1, 0.15) is 32.9 Å². The summed E-state index contributed by atoms with van der Waals surface area (Å²) in [6.45, 7) is 2.33. The van der Waals surface area contributed by atoms with E-state index in [1.807, 2.05) is 6.20 Å². The summed E-state index contributed by atoms with van der Waals surface area (Å²) in [5, 5.41) is 4.47. The van der Waals surface area contributed by atoms with Gasteiger partial charge in [-0.1, -0.05) is 17.4 Å². The lowest BCUT2D eigenvalue weighted by Gasteiger charge is -2.17. The lowest BCUT2D eigenvalue weighted by molar-refractivity contribution is -0.275. The maximum atomic E-state index is 14.0. The average Bonchev–Trinajstić information content (AvgIpc) is 3.46. The van der Waals surface area contributed by atoms with Crippen molar-refractivity contribution in [2.75, 3.05) is 18.0 Å². The summed E-state index contributed by atoms with van der Waals surface area (Å²) in [6.07, 6.45) is -0.622. The summed E-state index contributed by atoms with van der Waals surface area (Å²) in [4.78, 5) is 33.4. The minimum absolute atomic E-state index is 0.000191. The van der Waals surface area contributed by atoms with Crippen LogP contribution in [0.5, 0.6) is 5.75 Å². The summed E-state index contributed by atoms with van der Waals surface area (Å²) in [5.74, 6) is -2.18. The zero-order valence-electron chi connectivity index (χ0n) is 18.8. The Morgan fingerprint density at radius 3 is 2.66 bits per heavy atom. The molecule has 3 heterocycles. The fraction of sp³-hybridized carbons (Fsp3) is 0.364. The number of ether oxygens (including phenoxy) is 1. The van der Waals surface area contributed by atoms with Gasteiger partial charge in [0.25, 0.3) is 0 Å². The van der Waals surface area contributed by atoms with Crippen molar-refractivity contribution in [2.24, 2.45) is 7.05 Å². The Morgan fingerprint density at radius 1 is 1.23 bits per heavy atom. The van der Waals surface area contributed by atoms with Crippen LogP contribution < -0.4 is 9.64 Å². The zero-order valence-corrected chi connectivity index (χ0v) is 19.6. The van der Waals surface area contributed by atoms with Crippen molar-refractivity contribution in [3.8, 4) is 5.75 Å². The molecule has 0 radical (unpaired) electrons. The van der Waals surface area contributed by atoms with Gasteiger partial charge in [-0.15, -0.1) is 13.2 Å². The Labute approximate surface area is 201 Å². The molecule has 1 aliphatic rings. The molecule has 2 aromatic heterocycles. The second-order valence-electron chi connectivity index (χ2n) is 8.02. The molecule has 0 N–H and O–H groups in total. The topological polar surface area (TPSA) is 80.6 Å². The van der Waals surface area contributed by atoms with E-state index in [9.17, 15) is 27.2 Å². The van der Waals surface area contributed by atoms with Crippen LogP contribution in [0.15, 0.2) is 30.6 Å². The standard InChI is InChI=1S/C22H21F4N5O3S/c1-13-19(17(32)5-3-15-10-27-29(2)11-15)35-20(28-13)31-8-7-30(21(31)33)12-14-4-6-18(16(23)9-14)34-22(24,25)26/h4,6,9-11H,3,5,7-8,12H2,1-2H3. The second-order valence-corrected chi connectivity index (χ2v) is 9.00. The third-order valence-corrected chi connectivity index (χ3v) is 6.58. The zero-order chi connectivity index (χ0) is 25.3. The summed E-state index contributed by atoms with van der Waals surface area (Å²) in [7, 11) is 1.80. The van der Waals surface area contributed by atoms with E-state index in [1.54, 1.807) is 24.9 Å². The molecule has 186 valence electrons. The summed E-state index contributed by atoms with van der Waals surface area (Å²) in [5.41, 5.74) is 1.80. The van der Waals surface area contributed by atoms with Crippen LogP contribution in [0, 0.1) is 12.7 Å². The van der Waals surface area contributed by atoms with Gasteiger partial charge in [0, 0.05) is 39.3 Å². The monoisotopic (exact) mass is 511 g/mol. The van der Waals surface area contributed by atoms with E-state index in [-0.39, 0.29) is 24.8 Å². The van der Waals surface area contributed by atoms with Gasteiger partial charge in [-0.25, -0.2) is 14.2 Å². The van der Waals surface area contributed by atoms with Gasteiger partial charge in [-0.3, -0.25) is 14.4 Å². The Balaban J connectivity index is 1.39. The van der Waals surface area contributed by atoms with Crippen molar-refractivity contribution in [2.45, 2.75) is 32.7 Å². The number of aromatic nitrogens is 3. The number of halogens is 4. The van der Waals surface area contributed by atoms with Gasteiger partial charge >= 0.3 is 12.4 Å². The van der Waals surface area contributed by atoms with Crippen LogP contribution in [0.2, 0.25) is 0 Å². The number of hydrogen-bond donors (Lipinski definition) is 0. The van der Waals surface area contributed by atoms with Gasteiger partial charge in [-0.05, 0) is 36.6 Å². The Bertz CT molecular complexity index is 1260. The lowest BCUT2D eigenvalue weighted by atomic mass is 10.1. The number of Topliss-reactive ketones (excluding diaryl/α,β-unsaturated/α-hetero) is 1. The highest BCUT2D eigenvalue weighted by molar-refractivity contribution is 7.17. The molecule has 35 heavy (non-hydrogen) atoms. The number of aryl methyl sites for hydroxylation is 3. The van der Waals surface area contributed by atoms with E-state index in [0.717, 1.165) is 29.0 Å².